The lowest BCUT2D eigenvalue weighted by Gasteiger charge is -2.16. The van der Waals surface area contributed by atoms with Crippen LogP contribution >= 0.6 is 27.5 Å². The van der Waals surface area contributed by atoms with Gasteiger partial charge in [-0.2, -0.15) is 0 Å². The Balaban J connectivity index is 2.40. The molecule has 0 heterocycles. The smallest absolute Gasteiger partial charge is 0.255 e. The van der Waals surface area contributed by atoms with E-state index in [0.29, 0.717) is 22.0 Å². The second-order valence-electron chi connectivity index (χ2n) is 4.76. The van der Waals surface area contributed by atoms with Crippen molar-refractivity contribution in [3.05, 3.63) is 51.5 Å². The number of nitrogens with two attached hydrogens (primary N) is 1. The van der Waals surface area contributed by atoms with E-state index >= 15 is 0 Å². The molecule has 3 N–H and O–H groups in total. The molecule has 0 bridgehead atoms. The van der Waals surface area contributed by atoms with Crippen molar-refractivity contribution in [2.24, 2.45) is 0 Å². The highest BCUT2D eigenvalue weighted by atomic mass is 79.9. The molecule has 6 heteroatoms. The third-order valence-corrected chi connectivity index (χ3v) is 4.09. The number of benzene rings is 2. The maximum absolute atomic E-state index is 12.2. The Morgan fingerprint density at radius 3 is 2.57 bits per heavy atom. The summed E-state index contributed by atoms with van der Waals surface area (Å²) in [5, 5.41) is 3.82. The van der Waals surface area contributed by atoms with Crippen molar-refractivity contribution in [1.82, 2.24) is 4.90 Å². The summed E-state index contributed by atoms with van der Waals surface area (Å²) in [5.74, 6) is -0.0921. The molecule has 0 aliphatic rings. The number of hydrogen-bond acceptors (Lipinski definition) is 3. The van der Waals surface area contributed by atoms with Crippen molar-refractivity contribution in [3.8, 4) is 0 Å². The number of anilines is 3. The number of carbonyl (C=O) groups is 1. The van der Waals surface area contributed by atoms with Crippen molar-refractivity contribution in [2.45, 2.75) is 0 Å². The minimum Gasteiger partial charge on any atom is -0.399 e. The summed E-state index contributed by atoms with van der Waals surface area (Å²) in [4.78, 5) is 13.7. The summed E-state index contributed by atoms with van der Waals surface area (Å²) >= 11 is 9.35. The van der Waals surface area contributed by atoms with Crippen LogP contribution in [0, 0.1) is 0 Å². The van der Waals surface area contributed by atoms with Crippen LogP contribution in [-0.2, 0) is 0 Å². The van der Waals surface area contributed by atoms with Gasteiger partial charge in [-0.05, 0) is 52.3 Å². The van der Waals surface area contributed by atoms with Crippen LogP contribution in [0.2, 0.25) is 5.02 Å². The maximum Gasteiger partial charge on any atom is 0.255 e. The fourth-order valence-corrected chi connectivity index (χ4v) is 2.32. The minimum absolute atomic E-state index is 0.0921. The van der Waals surface area contributed by atoms with Crippen molar-refractivity contribution >= 4 is 50.5 Å². The summed E-state index contributed by atoms with van der Waals surface area (Å²) in [5.41, 5.74) is 8.42. The van der Waals surface area contributed by atoms with E-state index in [1.54, 1.807) is 38.4 Å². The number of hydrogen-bond donors (Lipinski definition) is 2. The monoisotopic (exact) mass is 367 g/mol. The Morgan fingerprint density at radius 2 is 1.95 bits per heavy atom. The van der Waals surface area contributed by atoms with Crippen molar-refractivity contribution in [2.75, 3.05) is 25.1 Å². The largest absolute Gasteiger partial charge is 0.399 e. The molecule has 0 aliphatic heterocycles. The van der Waals surface area contributed by atoms with Gasteiger partial charge in [0.1, 0.15) is 0 Å². The fourth-order valence-electron chi connectivity index (χ4n) is 1.82. The van der Waals surface area contributed by atoms with Gasteiger partial charge >= 0.3 is 0 Å². The number of carbonyl (C=O) groups excluding carboxylic acids is 1. The molecule has 0 saturated carbocycles. The predicted molar refractivity (Wildman–Crippen MR) is 91.3 cm³/mol. The van der Waals surface area contributed by atoms with E-state index in [1.807, 2.05) is 12.1 Å². The topological polar surface area (TPSA) is 58.4 Å². The van der Waals surface area contributed by atoms with Gasteiger partial charge in [-0.3, -0.25) is 4.79 Å². The molecule has 2 rings (SSSR count). The lowest BCUT2D eigenvalue weighted by molar-refractivity contribution is 0.0828. The molecule has 0 atom stereocenters. The number of amides is 1. The summed E-state index contributed by atoms with van der Waals surface area (Å²) in [6, 6.07) is 10.6. The van der Waals surface area contributed by atoms with Crippen LogP contribution in [0.1, 0.15) is 10.4 Å². The zero-order chi connectivity index (χ0) is 15.6. The highest BCUT2D eigenvalue weighted by Gasteiger charge is 2.14. The molecule has 21 heavy (non-hydrogen) atoms. The Labute approximate surface area is 137 Å². The van der Waals surface area contributed by atoms with Crippen LogP contribution in [0.3, 0.4) is 0 Å². The van der Waals surface area contributed by atoms with Crippen LogP contribution in [0.5, 0.6) is 0 Å². The molecule has 0 aromatic heterocycles. The van der Waals surface area contributed by atoms with E-state index in [1.165, 1.54) is 4.90 Å². The Kier molecular flexibility index (Phi) is 4.75. The van der Waals surface area contributed by atoms with E-state index in [2.05, 4.69) is 21.2 Å². The van der Waals surface area contributed by atoms with Gasteiger partial charge in [0.2, 0.25) is 0 Å². The molecule has 0 aliphatic carbocycles. The van der Waals surface area contributed by atoms with Crippen LogP contribution in [0.15, 0.2) is 40.9 Å². The van der Waals surface area contributed by atoms with Crippen LogP contribution in [0.25, 0.3) is 0 Å². The minimum atomic E-state index is -0.0921. The normalized spacial score (nSPS) is 10.3. The summed E-state index contributed by atoms with van der Waals surface area (Å²) < 4.78 is 0.776. The van der Waals surface area contributed by atoms with Gasteiger partial charge in [-0.1, -0.05) is 11.6 Å². The lowest BCUT2D eigenvalue weighted by atomic mass is 10.1. The second kappa shape index (κ2) is 6.37. The van der Waals surface area contributed by atoms with Gasteiger partial charge in [0.25, 0.3) is 5.91 Å². The van der Waals surface area contributed by atoms with Gasteiger partial charge in [0, 0.05) is 29.9 Å². The SMILES string of the molecule is CN(C)C(=O)c1ccc(N)cc1Nc1ccc(Cl)c(Br)c1. The molecular weight excluding hydrogens is 354 g/mol. The van der Waals surface area contributed by atoms with Crippen LogP contribution in [-0.4, -0.2) is 24.9 Å². The zero-order valence-electron chi connectivity index (χ0n) is 11.7. The molecule has 0 saturated heterocycles. The average molecular weight is 369 g/mol. The average Bonchev–Trinajstić information content (AvgIpc) is 2.42. The first-order chi connectivity index (χ1) is 9.88. The van der Waals surface area contributed by atoms with E-state index in [9.17, 15) is 4.79 Å². The molecule has 0 unspecified atom stereocenters. The van der Waals surface area contributed by atoms with E-state index in [0.717, 1.165) is 10.2 Å². The first kappa shape index (κ1) is 15.7. The second-order valence-corrected chi connectivity index (χ2v) is 6.02. The first-order valence-corrected chi connectivity index (χ1v) is 7.39. The molecule has 4 nitrogen and oxygen atoms in total. The maximum atomic E-state index is 12.2. The number of nitrogens with zero attached hydrogens (tertiary/aromatic N) is 1. The van der Waals surface area contributed by atoms with Crippen molar-refractivity contribution < 1.29 is 4.79 Å². The molecule has 0 radical (unpaired) electrons. The van der Waals surface area contributed by atoms with E-state index in [-0.39, 0.29) is 5.91 Å². The summed E-state index contributed by atoms with van der Waals surface area (Å²) in [6.07, 6.45) is 0. The van der Waals surface area contributed by atoms with E-state index < -0.39 is 0 Å². The molecule has 0 fully saturated rings. The van der Waals surface area contributed by atoms with Gasteiger partial charge in [0.15, 0.2) is 0 Å². The fraction of sp³-hybridized carbons (Fsp3) is 0.133. The Hall–Kier alpha value is -1.72. The molecule has 2 aromatic rings. The predicted octanol–water partition coefficient (Wildman–Crippen LogP) is 4.13. The Morgan fingerprint density at radius 1 is 1.24 bits per heavy atom. The summed E-state index contributed by atoms with van der Waals surface area (Å²) in [7, 11) is 3.42. The first-order valence-electron chi connectivity index (χ1n) is 6.21. The van der Waals surface area contributed by atoms with Crippen molar-refractivity contribution in [1.29, 1.82) is 0 Å². The zero-order valence-corrected chi connectivity index (χ0v) is 14.0. The quantitative estimate of drug-likeness (QED) is 0.801. The molecular formula is C15H15BrClN3O. The molecule has 2 aromatic carbocycles. The van der Waals surface area contributed by atoms with Gasteiger partial charge in [-0.15, -0.1) is 0 Å². The Bertz CT molecular complexity index is 689. The number of halogens is 2. The van der Waals surface area contributed by atoms with Gasteiger partial charge in [0.05, 0.1) is 16.3 Å². The molecule has 1 amide bonds. The number of nitrogen functional groups attached to an aromatic ring is 1. The van der Waals surface area contributed by atoms with Gasteiger partial charge in [-0.25, -0.2) is 0 Å². The highest BCUT2D eigenvalue weighted by molar-refractivity contribution is 9.10. The standard InChI is InChI=1S/C15H15BrClN3O/c1-20(2)15(21)11-5-3-9(18)7-14(11)19-10-4-6-13(17)12(16)8-10/h3-8,19H,18H2,1-2H3. The lowest BCUT2D eigenvalue weighted by Crippen LogP contribution is -2.22. The summed E-state index contributed by atoms with van der Waals surface area (Å²) in [6.45, 7) is 0. The molecule has 0 spiro atoms. The van der Waals surface area contributed by atoms with Crippen LogP contribution in [0.4, 0.5) is 17.1 Å². The third kappa shape index (κ3) is 3.68. The van der Waals surface area contributed by atoms with Crippen molar-refractivity contribution in [3.63, 3.8) is 0 Å². The number of nitrogens with one attached hydrogen (secondary N) is 1. The van der Waals surface area contributed by atoms with Gasteiger partial charge < -0.3 is 16.0 Å². The molecule has 110 valence electrons. The number of rotatable bonds is 3. The third-order valence-electron chi connectivity index (χ3n) is 2.88. The van der Waals surface area contributed by atoms with E-state index in [4.69, 9.17) is 17.3 Å². The van der Waals surface area contributed by atoms with Crippen LogP contribution < -0.4 is 11.1 Å². The highest BCUT2D eigenvalue weighted by Crippen LogP contribution is 2.29.